The van der Waals surface area contributed by atoms with Crippen molar-refractivity contribution in [1.82, 2.24) is 9.88 Å². The number of likely N-dealkylation sites (tertiary alicyclic amines) is 1. The number of pyridine rings is 1. The molecule has 0 aromatic carbocycles. The van der Waals surface area contributed by atoms with Gasteiger partial charge in [0.2, 0.25) is 5.91 Å². The van der Waals surface area contributed by atoms with Crippen molar-refractivity contribution < 1.29 is 14.3 Å². The molecule has 1 aromatic rings. The molecule has 0 aliphatic carbocycles. The van der Waals surface area contributed by atoms with E-state index in [1.165, 1.54) is 0 Å². The van der Waals surface area contributed by atoms with Gasteiger partial charge in [0, 0.05) is 31.9 Å². The zero-order chi connectivity index (χ0) is 15.1. The fraction of sp³-hybridized carbons (Fsp3) is 0.562. The Morgan fingerprint density at radius 2 is 1.95 bits per heavy atom. The summed E-state index contributed by atoms with van der Waals surface area (Å²) >= 11 is 0. The summed E-state index contributed by atoms with van der Waals surface area (Å²) in [6.45, 7) is 3.54. The summed E-state index contributed by atoms with van der Waals surface area (Å²) in [6.07, 6.45) is 6.14. The van der Waals surface area contributed by atoms with E-state index in [0.29, 0.717) is 39.0 Å². The number of piperidine rings is 1. The van der Waals surface area contributed by atoms with Gasteiger partial charge in [-0.25, -0.2) is 0 Å². The number of hydrogen-bond donors (Lipinski definition) is 0. The second-order valence-electron chi connectivity index (χ2n) is 5.26. The topological polar surface area (TPSA) is 59.5 Å². The van der Waals surface area contributed by atoms with Crippen molar-refractivity contribution in [3.63, 3.8) is 0 Å². The van der Waals surface area contributed by atoms with Crippen molar-refractivity contribution in [3.05, 3.63) is 30.1 Å². The summed E-state index contributed by atoms with van der Waals surface area (Å²) in [5.41, 5.74) is 1.12. The summed E-state index contributed by atoms with van der Waals surface area (Å²) in [6, 6.07) is 3.86. The van der Waals surface area contributed by atoms with E-state index in [1.807, 2.05) is 24.0 Å². The molecule has 1 aliphatic heterocycles. The van der Waals surface area contributed by atoms with Gasteiger partial charge in [-0.3, -0.25) is 14.6 Å². The number of nitrogens with zero attached hydrogens (tertiary/aromatic N) is 2. The summed E-state index contributed by atoms with van der Waals surface area (Å²) in [7, 11) is 0. The van der Waals surface area contributed by atoms with E-state index < -0.39 is 0 Å². The minimum absolute atomic E-state index is 0.0470. The predicted molar refractivity (Wildman–Crippen MR) is 78.5 cm³/mol. The Hall–Kier alpha value is -1.91. The Bertz CT molecular complexity index is 468. The Balaban J connectivity index is 1.74. The highest BCUT2D eigenvalue weighted by molar-refractivity contribution is 5.77. The fourth-order valence-electron chi connectivity index (χ4n) is 2.58. The van der Waals surface area contributed by atoms with E-state index in [0.717, 1.165) is 12.0 Å². The smallest absolute Gasteiger partial charge is 0.309 e. The molecule has 2 rings (SSSR count). The molecule has 1 aliphatic rings. The van der Waals surface area contributed by atoms with Crippen LogP contribution in [0.4, 0.5) is 0 Å². The van der Waals surface area contributed by atoms with Crippen molar-refractivity contribution in [2.75, 3.05) is 19.7 Å². The van der Waals surface area contributed by atoms with Crippen LogP contribution < -0.4 is 0 Å². The van der Waals surface area contributed by atoms with Crippen molar-refractivity contribution in [2.24, 2.45) is 5.92 Å². The van der Waals surface area contributed by atoms with Gasteiger partial charge in [0.25, 0.3) is 0 Å². The Kier molecular flexibility index (Phi) is 5.72. The zero-order valence-electron chi connectivity index (χ0n) is 12.5. The third-order valence-corrected chi connectivity index (χ3v) is 3.84. The van der Waals surface area contributed by atoms with Crippen LogP contribution in [-0.2, 0) is 20.7 Å². The molecule has 0 radical (unpaired) electrons. The number of esters is 1. The standard InChI is InChI=1S/C16H22N2O3/c1-2-21-16(20)14-7-11-18(12-8-14)15(19)4-3-13-5-9-17-10-6-13/h5-6,9-10,14H,2-4,7-8,11-12H2,1H3. The summed E-state index contributed by atoms with van der Waals surface area (Å²) < 4.78 is 5.03. The molecule has 114 valence electrons. The average Bonchev–Trinajstić information content (AvgIpc) is 2.54. The average molecular weight is 290 g/mol. The van der Waals surface area contributed by atoms with Gasteiger partial charge in [0.1, 0.15) is 0 Å². The number of carbonyl (C=O) groups excluding carboxylic acids is 2. The monoisotopic (exact) mass is 290 g/mol. The number of amides is 1. The molecule has 0 unspecified atom stereocenters. The molecule has 0 bridgehead atoms. The van der Waals surface area contributed by atoms with E-state index in [-0.39, 0.29) is 17.8 Å². The minimum Gasteiger partial charge on any atom is -0.466 e. The number of carbonyl (C=O) groups is 2. The molecule has 0 N–H and O–H groups in total. The van der Waals surface area contributed by atoms with Crippen LogP contribution in [0.3, 0.4) is 0 Å². The van der Waals surface area contributed by atoms with E-state index in [2.05, 4.69) is 4.98 Å². The van der Waals surface area contributed by atoms with Crippen molar-refractivity contribution in [3.8, 4) is 0 Å². The lowest BCUT2D eigenvalue weighted by Gasteiger charge is -2.31. The molecule has 21 heavy (non-hydrogen) atoms. The van der Waals surface area contributed by atoms with Gasteiger partial charge in [-0.1, -0.05) is 0 Å². The third-order valence-electron chi connectivity index (χ3n) is 3.84. The van der Waals surface area contributed by atoms with Crippen molar-refractivity contribution in [1.29, 1.82) is 0 Å². The number of aryl methyl sites for hydroxylation is 1. The van der Waals surface area contributed by atoms with E-state index in [9.17, 15) is 9.59 Å². The summed E-state index contributed by atoms with van der Waals surface area (Å²) in [4.78, 5) is 29.6. The quantitative estimate of drug-likeness (QED) is 0.776. The first-order valence-electron chi connectivity index (χ1n) is 7.54. The highest BCUT2D eigenvalue weighted by atomic mass is 16.5. The molecule has 0 spiro atoms. The SMILES string of the molecule is CCOC(=O)C1CCN(C(=O)CCc2ccncc2)CC1. The second kappa shape index (κ2) is 7.76. The highest BCUT2D eigenvalue weighted by Crippen LogP contribution is 2.19. The first-order chi connectivity index (χ1) is 10.2. The number of rotatable bonds is 5. The molecular formula is C16H22N2O3. The number of aromatic nitrogens is 1. The first kappa shape index (κ1) is 15.5. The number of ether oxygens (including phenoxy) is 1. The lowest BCUT2D eigenvalue weighted by Crippen LogP contribution is -2.40. The van der Waals surface area contributed by atoms with Gasteiger partial charge in [-0.15, -0.1) is 0 Å². The molecule has 1 aromatic heterocycles. The van der Waals surface area contributed by atoms with E-state index in [4.69, 9.17) is 4.74 Å². The van der Waals surface area contributed by atoms with Crippen LogP contribution in [-0.4, -0.2) is 41.5 Å². The van der Waals surface area contributed by atoms with Gasteiger partial charge in [0.15, 0.2) is 0 Å². The summed E-state index contributed by atoms with van der Waals surface area (Å²) in [5.74, 6) is -0.00953. The molecule has 5 heteroatoms. The largest absolute Gasteiger partial charge is 0.466 e. The highest BCUT2D eigenvalue weighted by Gasteiger charge is 2.27. The van der Waals surface area contributed by atoms with Crippen LogP contribution in [0.5, 0.6) is 0 Å². The Morgan fingerprint density at radius 3 is 2.57 bits per heavy atom. The normalized spacial score (nSPS) is 15.8. The minimum atomic E-state index is -0.124. The van der Waals surface area contributed by atoms with Crippen LogP contribution in [0.1, 0.15) is 31.7 Å². The molecular weight excluding hydrogens is 268 g/mol. The van der Waals surface area contributed by atoms with Crippen LogP contribution in [0, 0.1) is 5.92 Å². The first-order valence-corrected chi connectivity index (χ1v) is 7.54. The van der Waals surface area contributed by atoms with Crippen molar-refractivity contribution >= 4 is 11.9 Å². The maximum Gasteiger partial charge on any atom is 0.309 e. The second-order valence-corrected chi connectivity index (χ2v) is 5.26. The maximum absolute atomic E-state index is 12.2. The van der Waals surface area contributed by atoms with Gasteiger partial charge >= 0.3 is 5.97 Å². The zero-order valence-corrected chi connectivity index (χ0v) is 12.5. The van der Waals surface area contributed by atoms with Crippen LogP contribution in [0.2, 0.25) is 0 Å². The molecule has 0 saturated carbocycles. The number of hydrogen-bond acceptors (Lipinski definition) is 4. The Morgan fingerprint density at radius 1 is 1.29 bits per heavy atom. The third kappa shape index (κ3) is 4.55. The molecule has 5 nitrogen and oxygen atoms in total. The van der Waals surface area contributed by atoms with Crippen molar-refractivity contribution in [2.45, 2.75) is 32.6 Å². The molecule has 2 heterocycles. The fourth-order valence-corrected chi connectivity index (χ4v) is 2.58. The summed E-state index contributed by atoms with van der Waals surface area (Å²) in [5, 5.41) is 0. The molecule has 1 fully saturated rings. The lowest BCUT2D eigenvalue weighted by molar-refractivity contribution is -0.151. The van der Waals surface area contributed by atoms with Crippen LogP contribution in [0.25, 0.3) is 0 Å². The van der Waals surface area contributed by atoms with Gasteiger partial charge in [-0.05, 0) is 43.9 Å². The molecule has 1 saturated heterocycles. The van der Waals surface area contributed by atoms with Gasteiger partial charge in [-0.2, -0.15) is 0 Å². The van der Waals surface area contributed by atoms with E-state index >= 15 is 0 Å². The Labute approximate surface area is 125 Å². The van der Waals surface area contributed by atoms with Gasteiger partial charge < -0.3 is 9.64 Å². The molecule has 0 atom stereocenters. The molecule has 1 amide bonds. The van der Waals surface area contributed by atoms with Crippen LogP contribution >= 0.6 is 0 Å². The predicted octanol–water partition coefficient (Wildman–Crippen LogP) is 1.82. The van der Waals surface area contributed by atoms with E-state index in [1.54, 1.807) is 12.4 Å². The maximum atomic E-state index is 12.2. The van der Waals surface area contributed by atoms with Gasteiger partial charge in [0.05, 0.1) is 12.5 Å². The lowest BCUT2D eigenvalue weighted by atomic mass is 9.96. The van der Waals surface area contributed by atoms with Crippen LogP contribution in [0.15, 0.2) is 24.5 Å².